The lowest BCUT2D eigenvalue weighted by Gasteiger charge is -2.20. The standard InChI is InChI=1S/C14H25N3O2/c1-4-17(5-7-18-11-13(2)9-15)6-8-19-12-14(3)10-16/h13-14H,4-8,11-12H2,1-3H3. The summed E-state index contributed by atoms with van der Waals surface area (Å²) in [7, 11) is 0. The van der Waals surface area contributed by atoms with E-state index in [0.29, 0.717) is 26.4 Å². The molecule has 0 amide bonds. The van der Waals surface area contributed by atoms with Crippen molar-refractivity contribution < 1.29 is 9.47 Å². The number of hydrogen-bond donors (Lipinski definition) is 0. The van der Waals surface area contributed by atoms with Crippen molar-refractivity contribution in [3.8, 4) is 12.1 Å². The van der Waals surface area contributed by atoms with Crippen LogP contribution in [0.3, 0.4) is 0 Å². The highest BCUT2D eigenvalue weighted by molar-refractivity contribution is 4.78. The Morgan fingerprint density at radius 3 is 1.68 bits per heavy atom. The summed E-state index contributed by atoms with van der Waals surface area (Å²) in [6, 6.07) is 4.28. The van der Waals surface area contributed by atoms with Crippen molar-refractivity contribution in [3.63, 3.8) is 0 Å². The number of likely N-dealkylation sites (N-methyl/N-ethyl adjacent to an activating group) is 1. The summed E-state index contributed by atoms with van der Waals surface area (Å²) in [6.07, 6.45) is 0. The van der Waals surface area contributed by atoms with Gasteiger partial charge in [-0.2, -0.15) is 10.5 Å². The van der Waals surface area contributed by atoms with Gasteiger partial charge in [0.15, 0.2) is 0 Å². The lowest BCUT2D eigenvalue weighted by Crippen LogP contribution is -2.31. The van der Waals surface area contributed by atoms with E-state index in [1.807, 2.05) is 13.8 Å². The summed E-state index contributed by atoms with van der Waals surface area (Å²) in [6.45, 7) is 10.7. The van der Waals surface area contributed by atoms with Crippen LogP contribution < -0.4 is 0 Å². The average Bonchev–Trinajstić information content (AvgIpc) is 2.44. The monoisotopic (exact) mass is 267 g/mol. The zero-order valence-corrected chi connectivity index (χ0v) is 12.3. The molecule has 0 rings (SSSR count). The predicted octanol–water partition coefficient (Wildman–Crippen LogP) is 1.66. The van der Waals surface area contributed by atoms with Crippen molar-refractivity contribution in [2.45, 2.75) is 20.8 Å². The van der Waals surface area contributed by atoms with Gasteiger partial charge in [-0.25, -0.2) is 0 Å². The Bertz CT molecular complexity index is 268. The van der Waals surface area contributed by atoms with Crippen LogP contribution in [0.25, 0.3) is 0 Å². The van der Waals surface area contributed by atoms with Gasteiger partial charge < -0.3 is 9.47 Å². The molecule has 5 nitrogen and oxygen atoms in total. The van der Waals surface area contributed by atoms with E-state index in [1.54, 1.807) is 0 Å². The number of ether oxygens (including phenoxy) is 2. The topological polar surface area (TPSA) is 69.3 Å². The van der Waals surface area contributed by atoms with Gasteiger partial charge in [0.05, 0.1) is 50.4 Å². The normalized spacial score (nSPS) is 13.8. The van der Waals surface area contributed by atoms with Gasteiger partial charge in [-0.1, -0.05) is 6.92 Å². The van der Waals surface area contributed by atoms with Crippen molar-refractivity contribution in [2.75, 3.05) is 46.1 Å². The Kier molecular flexibility index (Phi) is 11.2. The Morgan fingerprint density at radius 2 is 1.37 bits per heavy atom. The highest BCUT2D eigenvalue weighted by atomic mass is 16.5. The highest BCUT2D eigenvalue weighted by Gasteiger charge is 2.05. The first kappa shape index (κ1) is 17.9. The summed E-state index contributed by atoms with van der Waals surface area (Å²) in [5.41, 5.74) is 0. The van der Waals surface area contributed by atoms with Gasteiger partial charge in [0.25, 0.3) is 0 Å². The van der Waals surface area contributed by atoms with Gasteiger partial charge in [-0.05, 0) is 20.4 Å². The summed E-state index contributed by atoms with van der Waals surface area (Å²) in [4.78, 5) is 2.23. The molecule has 0 heterocycles. The first-order valence-electron chi connectivity index (χ1n) is 6.81. The van der Waals surface area contributed by atoms with Crippen molar-refractivity contribution in [1.82, 2.24) is 4.90 Å². The summed E-state index contributed by atoms with van der Waals surface area (Å²) in [5, 5.41) is 17.2. The zero-order chi connectivity index (χ0) is 14.5. The average molecular weight is 267 g/mol. The van der Waals surface area contributed by atoms with Gasteiger partial charge in [-0.3, -0.25) is 4.90 Å². The van der Waals surface area contributed by atoms with Gasteiger partial charge in [0.2, 0.25) is 0 Å². The third kappa shape index (κ3) is 10.5. The van der Waals surface area contributed by atoms with E-state index in [9.17, 15) is 0 Å². The van der Waals surface area contributed by atoms with Crippen molar-refractivity contribution in [1.29, 1.82) is 10.5 Å². The molecule has 0 bridgehead atoms. The van der Waals surface area contributed by atoms with Crippen LogP contribution in [0.1, 0.15) is 20.8 Å². The molecule has 2 unspecified atom stereocenters. The first-order valence-corrected chi connectivity index (χ1v) is 6.81. The van der Waals surface area contributed by atoms with E-state index >= 15 is 0 Å². The molecule has 0 aliphatic carbocycles. The highest BCUT2D eigenvalue weighted by Crippen LogP contribution is 1.96. The zero-order valence-electron chi connectivity index (χ0n) is 12.3. The van der Waals surface area contributed by atoms with Gasteiger partial charge >= 0.3 is 0 Å². The first-order chi connectivity index (χ1) is 9.13. The number of nitrogens with zero attached hydrogens (tertiary/aromatic N) is 3. The fourth-order valence-corrected chi connectivity index (χ4v) is 1.41. The molecule has 0 saturated heterocycles. The summed E-state index contributed by atoms with van der Waals surface area (Å²) >= 11 is 0. The van der Waals surface area contributed by atoms with Gasteiger partial charge in [0, 0.05) is 13.1 Å². The molecule has 0 radical (unpaired) electrons. The molecule has 0 aromatic rings. The minimum Gasteiger partial charge on any atom is -0.379 e. The Labute approximate surface area is 116 Å². The molecule has 108 valence electrons. The second-order valence-electron chi connectivity index (χ2n) is 4.64. The molecule has 0 spiro atoms. The predicted molar refractivity (Wildman–Crippen MR) is 73.3 cm³/mol. The van der Waals surface area contributed by atoms with Crippen LogP contribution in [0.5, 0.6) is 0 Å². The van der Waals surface area contributed by atoms with Crippen LogP contribution in [0.4, 0.5) is 0 Å². The number of nitriles is 2. The molecule has 0 saturated carbocycles. The molecule has 19 heavy (non-hydrogen) atoms. The Hall–Kier alpha value is -1.14. The van der Waals surface area contributed by atoms with Crippen molar-refractivity contribution in [2.24, 2.45) is 11.8 Å². The number of rotatable bonds is 11. The second kappa shape index (κ2) is 11.9. The molecule has 5 heteroatoms. The van der Waals surface area contributed by atoms with E-state index in [1.165, 1.54) is 0 Å². The minimum absolute atomic E-state index is 0.0501. The number of hydrogen-bond acceptors (Lipinski definition) is 5. The molecule has 2 atom stereocenters. The van der Waals surface area contributed by atoms with E-state index in [-0.39, 0.29) is 11.8 Å². The van der Waals surface area contributed by atoms with Gasteiger partial charge in [0.1, 0.15) is 0 Å². The van der Waals surface area contributed by atoms with Gasteiger partial charge in [-0.15, -0.1) is 0 Å². The Balaban J connectivity index is 3.56. The molecular weight excluding hydrogens is 242 g/mol. The third-order valence-corrected chi connectivity index (χ3v) is 2.73. The molecule has 0 aliphatic rings. The molecule has 0 aliphatic heterocycles. The van der Waals surface area contributed by atoms with Crippen molar-refractivity contribution >= 4 is 0 Å². The van der Waals surface area contributed by atoms with E-state index in [2.05, 4.69) is 24.0 Å². The maximum Gasteiger partial charge on any atom is 0.0677 e. The minimum atomic E-state index is -0.0501. The fraction of sp³-hybridized carbons (Fsp3) is 0.857. The third-order valence-electron chi connectivity index (χ3n) is 2.73. The van der Waals surface area contributed by atoms with Crippen LogP contribution >= 0.6 is 0 Å². The smallest absolute Gasteiger partial charge is 0.0677 e. The quantitative estimate of drug-likeness (QED) is 0.532. The van der Waals surface area contributed by atoms with Crippen LogP contribution in [-0.2, 0) is 9.47 Å². The molecule has 0 aromatic carbocycles. The largest absolute Gasteiger partial charge is 0.379 e. The van der Waals surface area contributed by atoms with Crippen LogP contribution in [0, 0.1) is 34.5 Å². The molecule has 0 N–H and O–H groups in total. The van der Waals surface area contributed by atoms with Crippen molar-refractivity contribution in [3.05, 3.63) is 0 Å². The fourth-order valence-electron chi connectivity index (χ4n) is 1.41. The van der Waals surface area contributed by atoms with Crippen LogP contribution in [0.15, 0.2) is 0 Å². The molecule has 0 fully saturated rings. The molecular formula is C14H25N3O2. The maximum absolute atomic E-state index is 8.62. The van der Waals surface area contributed by atoms with E-state index < -0.39 is 0 Å². The Morgan fingerprint density at radius 1 is 0.947 bits per heavy atom. The lowest BCUT2D eigenvalue weighted by atomic mass is 10.2. The maximum atomic E-state index is 8.62. The molecule has 0 aromatic heterocycles. The SMILES string of the molecule is CCN(CCOCC(C)C#N)CCOCC(C)C#N. The second-order valence-corrected chi connectivity index (χ2v) is 4.64. The van der Waals surface area contributed by atoms with Crippen LogP contribution in [-0.4, -0.2) is 51.0 Å². The van der Waals surface area contributed by atoms with Crippen LogP contribution in [0.2, 0.25) is 0 Å². The van der Waals surface area contributed by atoms with E-state index in [0.717, 1.165) is 19.6 Å². The summed E-state index contributed by atoms with van der Waals surface area (Å²) in [5.74, 6) is -0.100. The summed E-state index contributed by atoms with van der Waals surface area (Å²) < 4.78 is 10.9. The lowest BCUT2D eigenvalue weighted by molar-refractivity contribution is 0.0664. The van der Waals surface area contributed by atoms with E-state index in [4.69, 9.17) is 20.0 Å².